The van der Waals surface area contributed by atoms with Crippen molar-refractivity contribution < 1.29 is 0 Å². The van der Waals surface area contributed by atoms with Gasteiger partial charge in [-0.2, -0.15) is 0 Å². The van der Waals surface area contributed by atoms with E-state index in [1.165, 1.54) is 32.4 Å². The maximum absolute atomic E-state index is 4.33. The van der Waals surface area contributed by atoms with E-state index in [-0.39, 0.29) is 0 Å². The predicted molar refractivity (Wildman–Crippen MR) is 57.8 cm³/mol. The average Bonchev–Trinajstić information content (AvgIpc) is 2.47. The molecule has 0 spiro atoms. The van der Waals surface area contributed by atoms with E-state index < -0.39 is 0 Å². The molecule has 14 heavy (non-hydrogen) atoms. The first-order valence-corrected chi connectivity index (χ1v) is 5.83. The molecule has 1 saturated heterocycles. The van der Waals surface area contributed by atoms with Gasteiger partial charge in [0.2, 0.25) is 4.73 Å². The van der Waals surface area contributed by atoms with Crippen LogP contribution in [0.15, 0.2) is 4.73 Å². The van der Waals surface area contributed by atoms with Gasteiger partial charge >= 0.3 is 0 Å². The SMILES string of the molecule is Cn1nc(Br)nc1CN1CCCCC1. The summed E-state index contributed by atoms with van der Waals surface area (Å²) < 4.78 is 2.53. The largest absolute Gasteiger partial charge is 0.296 e. The smallest absolute Gasteiger partial charge is 0.217 e. The molecule has 0 aliphatic carbocycles. The summed E-state index contributed by atoms with van der Waals surface area (Å²) in [5.74, 6) is 1.04. The molecule has 0 unspecified atom stereocenters. The van der Waals surface area contributed by atoms with Crippen LogP contribution in [0.3, 0.4) is 0 Å². The fraction of sp³-hybridized carbons (Fsp3) is 0.778. The number of hydrogen-bond donors (Lipinski definition) is 0. The third kappa shape index (κ3) is 2.33. The molecular weight excluding hydrogens is 244 g/mol. The molecule has 1 fully saturated rings. The molecule has 1 aromatic heterocycles. The van der Waals surface area contributed by atoms with Crippen LogP contribution < -0.4 is 0 Å². The molecule has 0 N–H and O–H groups in total. The second-order valence-electron chi connectivity index (χ2n) is 3.76. The fourth-order valence-electron chi connectivity index (χ4n) is 1.84. The molecule has 0 bridgehead atoms. The van der Waals surface area contributed by atoms with Crippen molar-refractivity contribution in [3.63, 3.8) is 0 Å². The van der Waals surface area contributed by atoms with Crippen LogP contribution in [-0.4, -0.2) is 32.8 Å². The highest BCUT2D eigenvalue weighted by molar-refractivity contribution is 9.10. The molecule has 0 aromatic carbocycles. The normalized spacial score (nSPS) is 18.7. The molecule has 4 nitrogen and oxygen atoms in total. The van der Waals surface area contributed by atoms with Crippen molar-refractivity contribution in [1.29, 1.82) is 0 Å². The lowest BCUT2D eigenvalue weighted by Gasteiger charge is -2.25. The first-order valence-electron chi connectivity index (χ1n) is 5.03. The van der Waals surface area contributed by atoms with E-state index in [4.69, 9.17) is 0 Å². The summed E-state index contributed by atoms with van der Waals surface area (Å²) in [6, 6.07) is 0. The lowest BCUT2D eigenvalue weighted by molar-refractivity contribution is 0.213. The van der Waals surface area contributed by atoms with E-state index in [0.29, 0.717) is 4.73 Å². The second kappa shape index (κ2) is 4.40. The summed E-state index contributed by atoms with van der Waals surface area (Å²) >= 11 is 3.29. The van der Waals surface area contributed by atoms with Crippen molar-refractivity contribution in [2.24, 2.45) is 7.05 Å². The summed E-state index contributed by atoms with van der Waals surface area (Å²) in [5, 5.41) is 4.17. The number of likely N-dealkylation sites (tertiary alicyclic amines) is 1. The van der Waals surface area contributed by atoms with Crippen LogP contribution in [0.1, 0.15) is 25.1 Å². The molecule has 1 aromatic rings. The van der Waals surface area contributed by atoms with Gasteiger partial charge < -0.3 is 0 Å². The Labute approximate surface area is 92.4 Å². The Morgan fingerprint density at radius 3 is 2.57 bits per heavy atom. The number of hydrogen-bond acceptors (Lipinski definition) is 3. The number of aromatic nitrogens is 3. The van der Waals surface area contributed by atoms with Crippen molar-refractivity contribution >= 4 is 15.9 Å². The quantitative estimate of drug-likeness (QED) is 0.808. The number of piperidine rings is 1. The Kier molecular flexibility index (Phi) is 3.18. The third-order valence-corrected chi connectivity index (χ3v) is 2.98. The lowest BCUT2D eigenvalue weighted by Crippen LogP contribution is -2.30. The summed E-state index contributed by atoms with van der Waals surface area (Å²) in [5.41, 5.74) is 0. The zero-order valence-electron chi connectivity index (χ0n) is 8.41. The Balaban J connectivity index is 1.98. The molecular formula is C9H15BrN4. The minimum Gasteiger partial charge on any atom is -0.296 e. The minimum atomic E-state index is 0.687. The maximum atomic E-state index is 4.33. The summed E-state index contributed by atoms with van der Waals surface area (Å²) in [7, 11) is 1.94. The van der Waals surface area contributed by atoms with Crippen LogP contribution in [0.5, 0.6) is 0 Å². The molecule has 0 amide bonds. The average molecular weight is 259 g/mol. The zero-order chi connectivity index (χ0) is 9.97. The molecule has 2 rings (SSSR count). The zero-order valence-corrected chi connectivity index (χ0v) is 10.00. The Bertz CT molecular complexity index is 304. The van der Waals surface area contributed by atoms with Gasteiger partial charge in [-0.3, -0.25) is 9.58 Å². The van der Waals surface area contributed by atoms with Gasteiger partial charge in [0.05, 0.1) is 6.54 Å². The maximum Gasteiger partial charge on any atom is 0.217 e. The molecule has 0 saturated carbocycles. The Hall–Kier alpha value is -0.420. The van der Waals surface area contributed by atoms with Crippen LogP contribution in [0.2, 0.25) is 0 Å². The highest BCUT2D eigenvalue weighted by atomic mass is 79.9. The highest BCUT2D eigenvalue weighted by Crippen LogP contribution is 2.12. The number of nitrogens with zero attached hydrogens (tertiary/aromatic N) is 4. The van der Waals surface area contributed by atoms with Crippen molar-refractivity contribution in [1.82, 2.24) is 19.7 Å². The van der Waals surface area contributed by atoms with E-state index >= 15 is 0 Å². The van der Waals surface area contributed by atoms with Crippen molar-refractivity contribution in [2.75, 3.05) is 13.1 Å². The van der Waals surface area contributed by atoms with Crippen molar-refractivity contribution in [3.05, 3.63) is 10.6 Å². The van der Waals surface area contributed by atoms with Gasteiger partial charge in [-0.25, -0.2) is 4.98 Å². The summed E-state index contributed by atoms with van der Waals surface area (Å²) in [4.78, 5) is 6.78. The molecule has 0 radical (unpaired) electrons. The van der Waals surface area contributed by atoms with E-state index in [9.17, 15) is 0 Å². The van der Waals surface area contributed by atoms with Crippen LogP contribution in [-0.2, 0) is 13.6 Å². The van der Waals surface area contributed by atoms with Crippen LogP contribution >= 0.6 is 15.9 Å². The molecule has 0 atom stereocenters. The van der Waals surface area contributed by atoms with Crippen molar-refractivity contribution in [2.45, 2.75) is 25.8 Å². The van der Waals surface area contributed by atoms with Gasteiger partial charge in [0.25, 0.3) is 0 Å². The monoisotopic (exact) mass is 258 g/mol. The molecule has 78 valence electrons. The third-order valence-electron chi connectivity index (χ3n) is 2.64. The van der Waals surface area contributed by atoms with Crippen molar-refractivity contribution in [3.8, 4) is 0 Å². The number of aryl methyl sites for hydroxylation is 1. The topological polar surface area (TPSA) is 34.0 Å². The van der Waals surface area contributed by atoms with E-state index in [1.807, 2.05) is 11.7 Å². The number of rotatable bonds is 2. The van der Waals surface area contributed by atoms with Crippen LogP contribution in [0, 0.1) is 0 Å². The number of halogens is 1. The fourth-order valence-corrected chi connectivity index (χ4v) is 2.28. The molecule has 1 aliphatic heterocycles. The van der Waals surface area contributed by atoms with Gasteiger partial charge in [0, 0.05) is 7.05 Å². The van der Waals surface area contributed by atoms with Crippen LogP contribution in [0.25, 0.3) is 0 Å². The first-order chi connectivity index (χ1) is 6.75. The Morgan fingerprint density at radius 1 is 1.29 bits per heavy atom. The van der Waals surface area contributed by atoms with E-state index in [0.717, 1.165) is 12.4 Å². The van der Waals surface area contributed by atoms with Gasteiger partial charge in [-0.15, -0.1) is 5.10 Å². The highest BCUT2D eigenvalue weighted by Gasteiger charge is 2.13. The van der Waals surface area contributed by atoms with Crippen LogP contribution in [0.4, 0.5) is 0 Å². The van der Waals surface area contributed by atoms with E-state index in [2.05, 4.69) is 30.9 Å². The molecule has 1 aliphatic rings. The predicted octanol–water partition coefficient (Wildman–Crippen LogP) is 1.56. The summed E-state index contributed by atoms with van der Waals surface area (Å²) in [6.45, 7) is 3.32. The first kappa shape index (κ1) is 10.1. The minimum absolute atomic E-state index is 0.687. The Morgan fingerprint density at radius 2 is 2.00 bits per heavy atom. The van der Waals surface area contributed by atoms with Gasteiger partial charge in [-0.05, 0) is 41.9 Å². The van der Waals surface area contributed by atoms with Gasteiger partial charge in [0.15, 0.2) is 0 Å². The molecule has 5 heteroatoms. The van der Waals surface area contributed by atoms with Gasteiger partial charge in [0.1, 0.15) is 5.82 Å². The van der Waals surface area contributed by atoms with E-state index in [1.54, 1.807) is 0 Å². The standard InChI is InChI=1S/C9H15BrN4/c1-13-8(11-9(10)12-13)7-14-5-3-2-4-6-14/h2-7H2,1H3. The summed E-state index contributed by atoms with van der Waals surface area (Å²) in [6.07, 6.45) is 4.01. The van der Waals surface area contributed by atoms with Gasteiger partial charge in [-0.1, -0.05) is 6.42 Å². The molecule has 2 heterocycles. The lowest BCUT2D eigenvalue weighted by atomic mass is 10.1. The second-order valence-corrected chi connectivity index (χ2v) is 4.47.